The molecule has 0 aliphatic rings. The number of aromatic nitrogens is 1. The summed E-state index contributed by atoms with van der Waals surface area (Å²) in [5, 5.41) is 0.650. The minimum atomic E-state index is 0.650. The molecule has 1 heterocycles. The van der Waals surface area contributed by atoms with Crippen molar-refractivity contribution in [2.45, 2.75) is 0 Å². The number of ether oxygens (including phenoxy) is 1. The normalized spacial score (nSPS) is 10.5. The predicted molar refractivity (Wildman–Crippen MR) is 51.2 cm³/mol. The van der Waals surface area contributed by atoms with Crippen molar-refractivity contribution in [3.8, 4) is 5.75 Å². The van der Waals surface area contributed by atoms with Crippen LogP contribution in [0, 0.1) is 0 Å². The molecule has 1 aromatic heterocycles. The van der Waals surface area contributed by atoms with E-state index < -0.39 is 0 Å². The van der Waals surface area contributed by atoms with Gasteiger partial charge in [-0.3, -0.25) is 0 Å². The second kappa shape index (κ2) is 2.92. The summed E-state index contributed by atoms with van der Waals surface area (Å²) in [6.45, 7) is 0. The van der Waals surface area contributed by atoms with Crippen LogP contribution in [0.5, 0.6) is 5.75 Å². The molecule has 0 aliphatic heterocycles. The SMILES string of the molecule is COc1ccc2ncsc2c1Cl. The number of nitrogens with zero attached hydrogens (tertiary/aromatic N) is 1. The van der Waals surface area contributed by atoms with E-state index in [1.807, 2.05) is 12.1 Å². The summed E-state index contributed by atoms with van der Waals surface area (Å²) >= 11 is 7.55. The van der Waals surface area contributed by atoms with Crippen molar-refractivity contribution in [2.24, 2.45) is 0 Å². The third kappa shape index (κ3) is 1.06. The molecule has 0 spiro atoms. The molecule has 0 unspecified atom stereocenters. The van der Waals surface area contributed by atoms with E-state index in [0.717, 1.165) is 10.2 Å². The number of benzene rings is 1. The largest absolute Gasteiger partial charge is 0.495 e. The Morgan fingerprint density at radius 1 is 1.50 bits per heavy atom. The van der Waals surface area contributed by atoms with E-state index in [0.29, 0.717) is 10.8 Å². The molecule has 12 heavy (non-hydrogen) atoms. The lowest BCUT2D eigenvalue weighted by molar-refractivity contribution is 0.415. The van der Waals surface area contributed by atoms with Crippen molar-refractivity contribution >= 4 is 33.2 Å². The molecule has 0 amide bonds. The smallest absolute Gasteiger partial charge is 0.139 e. The average molecular weight is 200 g/mol. The molecule has 0 radical (unpaired) electrons. The highest BCUT2D eigenvalue weighted by Crippen LogP contribution is 2.34. The first kappa shape index (κ1) is 7.83. The molecule has 62 valence electrons. The number of rotatable bonds is 1. The Kier molecular flexibility index (Phi) is 1.90. The first-order valence-corrected chi connectivity index (χ1v) is 4.64. The van der Waals surface area contributed by atoms with Crippen LogP contribution in [0.2, 0.25) is 5.02 Å². The molecule has 1 aromatic carbocycles. The van der Waals surface area contributed by atoms with Crippen LogP contribution in [-0.2, 0) is 0 Å². The van der Waals surface area contributed by atoms with Crippen molar-refractivity contribution in [3.63, 3.8) is 0 Å². The second-order valence-electron chi connectivity index (χ2n) is 2.28. The third-order valence-electron chi connectivity index (χ3n) is 1.62. The summed E-state index contributed by atoms with van der Waals surface area (Å²) in [6, 6.07) is 3.72. The van der Waals surface area contributed by atoms with E-state index in [9.17, 15) is 0 Å². The Bertz CT molecular complexity index is 412. The number of thiazole rings is 1. The van der Waals surface area contributed by atoms with Gasteiger partial charge in [0.25, 0.3) is 0 Å². The van der Waals surface area contributed by atoms with E-state index in [-0.39, 0.29) is 0 Å². The van der Waals surface area contributed by atoms with Crippen LogP contribution in [0.3, 0.4) is 0 Å². The van der Waals surface area contributed by atoms with Gasteiger partial charge in [-0.2, -0.15) is 0 Å². The molecule has 4 heteroatoms. The number of fused-ring (bicyclic) bond motifs is 1. The number of methoxy groups -OCH3 is 1. The molecule has 0 saturated carbocycles. The van der Waals surface area contributed by atoms with E-state index in [4.69, 9.17) is 16.3 Å². The quantitative estimate of drug-likeness (QED) is 0.705. The maximum atomic E-state index is 6.03. The fourth-order valence-corrected chi connectivity index (χ4v) is 2.12. The molecule has 0 fully saturated rings. The lowest BCUT2D eigenvalue weighted by atomic mass is 10.3. The fourth-order valence-electron chi connectivity index (χ4n) is 1.04. The van der Waals surface area contributed by atoms with Gasteiger partial charge >= 0.3 is 0 Å². The van der Waals surface area contributed by atoms with Crippen molar-refractivity contribution < 1.29 is 4.74 Å². The van der Waals surface area contributed by atoms with Crippen LogP contribution < -0.4 is 4.74 Å². The summed E-state index contributed by atoms with van der Waals surface area (Å²) in [5.74, 6) is 0.702. The van der Waals surface area contributed by atoms with Gasteiger partial charge in [0, 0.05) is 0 Å². The van der Waals surface area contributed by atoms with Crippen LogP contribution in [-0.4, -0.2) is 12.1 Å². The molecule has 0 bridgehead atoms. The highest BCUT2D eigenvalue weighted by atomic mass is 35.5. The van der Waals surface area contributed by atoms with Gasteiger partial charge in [0.2, 0.25) is 0 Å². The Balaban J connectivity index is 2.78. The Hall–Kier alpha value is -0.800. The van der Waals surface area contributed by atoms with Gasteiger partial charge < -0.3 is 4.74 Å². The van der Waals surface area contributed by atoms with Crippen molar-refractivity contribution in [1.82, 2.24) is 4.98 Å². The summed E-state index contributed by atoms with van der Waals surface area (Å²) in [6.07, 6.45) is 0. The maximum Gasteiger partial charge on any atom is 0.139 e. The Morgan fingerprint density at radius 3 is 3.08 bits per heavy atom. The first-order valence-electron chi connectivity index (χ1n) is 3.38. The van der Waals surface area contributed by atoms with Gasteiger partial charge in [-0.1, -0.05) is 11.6 Å². The number of hydrogen-bond donors (Lipinski definition) is 0. The van der Waals surface area contributed by atoms with Gasteiger partial charge in [-0.15, -0.1) is 11.3 Å². The third-order valence-corrected chi connectivity index (χ3v) is 2.97. The van der Waals surface area contributed by atoms with Gasteiger partial charge in [0.1, 0.15) is 10.8 Å². The van der Waals surface area contributed by atoms with Gasteiger partial charge in [-0.25, -0.2) is 4.98 Å². The van der Waals surface area contributed by atoms with Gasteiger partial charge in [-0.05, 0) is 12.1 Å². The maximum absolute atomic E-state index is 6.03. The summed E-state index contributed by atoms with van der Waals surface area (Å²) in [5.41, 5.74) is 2.70. The fraction of sp³-hybridized carbons (Fsp3) is 0.125. The van der Waals surface area contributed by atoms with Crippen LogP contribution in [0.1, 0.15) is 0 Å². The average Bonchev–Trinajstić information content (AvgIpc) is 2.53. The van der Waals surface area contributed by atoms with Crippen LogP contribution >= 0.6 is 22.9 Å². The summed E-state index contributed by atoms with van der Waals surface area (Å²) in [4.78, 5) is 4.13. The molecule has 2 aromatic rings. The van der Waals surface area contributed by atoms with E-state index >= 15 is 0 Å². The van der Waals surface area contributed by atoms with E-state index in [1.54, 1.807) is 12.6 Å². The Morgan fingerprint density at radius 2 is 2.33 bits per heavy atom. The minimum Gasteiger partial charge on any atom is -0.495 e. The molecule has 0 N–H and O–H groups in total. The number of hydrogen-bond acceptors (Lipinski definition) is 3. The standard InChI is InChI=1S/C8H6ClNOS/c1-11-6-3-2-5-8(7(6)9)12-4-10-5/h2-4H,1H3. The van der Waals surface area contributed by atoms with Crippen LogP contribution in [0.15, 0.2) is 17.6 Å². The predicted octanol–water partition coefficient (Wildman–Crippen LogP) is 2.96. The molecule has 0 atom stereocenters. The summed E-state index contributed by atoms with van der Waals surface area (Å²) < 4.78 is 6.05. The lowest BCUT2D eigenvalue weighted by Crippen LogP contribution is -1.82. The van der Waals surface area contributed by atoms with Crippen molar-refractivity contribution in [1.29, 1.82) is 0 Å². The molecule has 0 saturated heterocycles. The van der Waals surface area contributed by atoms with Gasteiger partial charge in [0.15, 0.2) is 0 Å². The Labute approximate surface area is 78.8 Å². The molecule has 2 nitrogen and oxygen atoms in total. The first-order chi connectivity index (χ1) is 5.83. The zero-order valence-electron chi connectivity index (χ0n) is 6.37. The van der Waals surface area contributed by atoms with Crippen molar-refractivity contribution in [2.75, 3.05) is 7.11 Å². The molecule has 2 rings (SSSR count). The highest BCUT2D eigenvalue weighted by Gasteiger charge is 2.06. The molecular weight excluding hydrogens is 194 g/mol. The molecular formula is C8H6ClNOS. The monoisotopic (exact) mass is 199 g/mol. The van der Waals surface area contributed by atoms with E-state index in [1.165, 1.54) is 11.3 Å². The van der Waals surface area contributed by atoms with Gasteiger partial charge in [0.05, 0.1) is 22.8 Å². The van der Waals surface area contributed by atoms with Crippen LogP contribution in [0.4, 0.5) is 0 Å². The molecule has 0 aliphatic carbocycles. The zero-order chi connectivity index (χ0) is 8.55. The zero-order valence-corrected chi connectivity index (χ0v) is 7.95. The second-order valence-corrected chi connectivity index (χ2v) is 3.52. The highest BCUT2D eigenvalue weighted by molar-refractivity contribution is 7.17. The van der Waals surface area contributed by atoms with Crippen molar-refractivity contribution in [3.05, 3.63) is 22.7 Å². The summed E-state index contributed by atoms with van der Waals surface area (Å²) in [7, 11) is 1.61. The lowest BCUT2D eigenvalue weighted by Gasteiger charge is -2.01. The van der Waals surface area contributed by atoms with E-state index in [2.05, 4.69) is 4.98 Å². The van der Waals surface area contributed by atoms with Crippen LogP contribution in [0.25, 0.3) is 10.2 Å². The minimum absolute atomic E-state index is 0.650. The topological polar surface area (TPSA) is 22.1 Å². The number of halogens is 1.